The molecule has 0 aliphatic carbocycles. The Labute approximate surface area is 105 Å². The van der Waals surface area contributed by atoms with Crippen LogP contribution in [0.2, 0.25) is 0 Å². The van der Waals surface area contributed by atoms with E-state index >= 15 is 0 Å². The van der Waals surface area contributed by atoms with Crippen molar-refractivity contribution in [1.82, 2.24) is 9.21 Å². The maximum absolute atomic E-state index is 12.0. The van der Waals surface area contributed by atoms with E-state index in [1.54, 1.807) is 4.31 Å². The van der Waals surface area contributed by atoms with Crippen LogP contribution >= 0.6 is 0 Å². The lowest BCUT2D eigenvalue weighted by Crippen LogP contribution is -2.53. The molecule has 1 fully saturated rings. The zero-order valence-electron chi connectivity index (χ0n) is 10.9. The van der Waals surface area contributed by atoms with Gasteiger partial charge in [0.25, 0.3) is 0 Å². The molecule has 0 amide bonds. The summed E-state index contributed by atoms with van der Waals surface area (Å²) in [7, 11) is -3.03. The molecule has 6 heteroatoms. The topological polar surface area (TPSA) is 66.6 Å². The third kappa shape index (κ3) is 4.21. The van der Waals surface area contributed by atoms with Gasteiger partial charge in [0.15, 0.2) is 0 Å². The SMILES string of the molecule is CCCCS(=O)(=O)N1CCN(C(C)CN)CC1. The number of sulfonamides is 1. The average molecular weight is 263 g/mol. The summed E-state index contributed by atoms with van der Waals surface area (Å²) in [5.41, 5.74) is 5.62. The number of rotatable bonds is 6. The summed E-state index contributed by atoms with van der Waals surface area (Å²) in [5, 5.41) is 0. The predicted molar refractivity (Wildman–Crippen MR) is 70.4 cm³/mol. The summed E-state index contributed by atoms with van der Waals surface area (Å²) in [6.45, 7) is 7.53. The number of unbranched alkanes of at least 4 members (excludes halogenated alkanes) is 1. The van der Waals surface area contributed by atoms with Crippen molar-refractivity contribution < 1.29 is 8.42 Å². The summed E-state index contributed by atoms with van der Waals surface area (Å²) in [6.07, 6.45) is 1.67. The Hall–Kier alpha value is -0.170. The van der Waals surface area contributed by atoms with Crippen molar-refractivity contribution in [2.75, 3.05) is 38.5 Å². The van der Waals surface area contributed by atoms with E-state index in [2.05, 4.69) is 11.8 Å². The fourth-order valence-electron chi connectivity index (χ4n) is 2.03. The Morgan fingerprint density at radius 3 is 2.29 bits per heavy atom. The van der Waals surface area contributed by atoms with Gasteiger partial charge in [-0.25, -0.2) is 8.42 Å². The molecule has 0 spiro atoms. The number of nitrogens with zero attached hydrogens (tertiary/aromatic N) is 2. The summed E-state index contributed by atoms with van der Waals surface area (Å²) in [5.74, 6) is 0.288. The van der Waals surface area contributed by atoms with Crippen molar-refractivity contribution in [3.05, 3.63) is 0 Å². The molecular formula is C11H25N3O2S. The van der Waals surface area contributed by atoms with Crippen molar-refractivity contribution >= 4 is 10.0 Å². The summed E-state index contributed by atoms with van der Waals surface area (Å²) < 4.78 is 25.6. The summed E-state index contributed by atoms with van der Waals surface area (Å²) in [6, 6.07) is 0.343. The molecule has 0 radical (unpaired) electrons. The molecule has 0 aromatic heterocycles. The molecule has 0 aromatic rings. The number of hydrogen-bond acceptors (Lipinski definition) is 4. The lowest BCUT2D eigenvalue weighted by atomic mass is 10.2. The molecule has 2 N–H and O–H groups in total. The summed E-state index contributed by atoms with van der Waals surface area (Å²) >= 11 is 0. The van der Waals surface area contributed by atoms with Gasteiger partial charge in [0.05, 0.1) is 5.75 Å². The van der Waals surface area contributed by atoms with Crippen molar-refractivity contribution in [3.63, 3.8) is 0 Å². The Morgan fingerprint density at radius 2 is 1.82 bits per heavy atom. The van der Waals surface area contributed by atoms with Crippen LogP contribution in [0, 0.1) is 0 Å². The van der Waals surface area contributed by atoms with Crippen molar-refractivity contribution in [1.29, 1.82) is 0 Å². The Morgan fingerprint density at radius 1 is 1.24 bits per heavy atom. The smallest absolute Gasteiger partial charge is 0.214 e. The highest BCUT2D eigenvalue weighted by molar-refractivity contribution is 7.89. The van der Waals surface area contributed by atoms with Crippen LogP contribution in [0.15, 0.2) is 0 Å². The van der Waals surface area contributed by atoms with E-state index in [1.807, 2.05) is 6.92 Å². The van der Waals surface area contributed by atoms with Gasteiger partial charge in [-0.2, -0.15) is 4.31 Å². The second-order valence-electron chi connectivity index (χ2n) is 4.69. The largest absolute Gasteiger partial charge is 0.329 e. The number of nitrogens with two attached hydrogens (primary N) is 1. The van der Waals surface area contributed by atoms with E-state index in [1.165, 1.54) is 0 Å². The first-order chi connectivity index (χ1) is 8.01. The molecule has 1 saturated heterocycles. The van der Waals surface area contributed by atoms with Gasteiger partial charge in [-0.15, -0.1) is 0 Å². The van der Waals surface area contributed by atoms with Crippen LogP contribution in [-0.2, 0) is 10.0 Å². The second kappa shape index (κ2) is 6.68. The molecule has 1 rings (SSSR count). The van der Waals surface area contributed by atoms with Crippen molar-refractivity contribution in [2.24, 2.45) is 5.73 Å². The predicted octanol–water partition coefficient (Wildman–Crippen LogP) is 0.0811. The molecule has 1 unspecified atom stereocenters. The summed E-state index contributed by atoms with van der Waals surface area (Å²) in [4.78, 5) is 2.26. The molecule has 5 nitrogen and oxygen atoms in total. The Kier molecular flexibility index (Phi) is 5.85. The maximum atomic E-state index is 12.0. The number of hydrogen-bond donors (Lipinski definition) is 1. The zero-order chi connectivity index (χ0) is 12.9. The molecule has 1 aliphatic rings. The molecule has 17 heavy (non-hydrogen) atoms. The third-order valence-corrected chi connectivity index (χ3v) is 5.34. The third-order valence-electron chi connectivity index (χ3n) is 3.39. The van der Waals surface area contributed by atoms with Crippen LogP contribution in [-0.4, -0.2) is 62.1 Å². The highest BCUT2D eigenvalue weighted by Crippen LogP contribution is 2.11. The first kappa shape index (κ1) is 14.9. The van der Waals surface area contributed by atoms with Crippen LogP contribution in [0.5, 0.6) is 0 Å². The van der Waals surface area contributed by atoms with Gasteiger partial charge in [0.1, 0.15) is 0 Å². The van der Waals surface area contributed by atoms with Crippen LogP contribution in [0.4, 0.5) is 0 Å². The standard InChI is InChI=1S/C11H25N3O2S/c1-3-4-9-17(15,16)14-7-5-13(6-8-14)11(2)10-12/h11H,3-10,12H2,1-2H3. The van der Waals surface area contributed by atoms with E-state index in [9.17, 15) is 8.42 Å². The maximum Gasteiger partial charge on any atom is 0.214 e. The van der Waals surface area contributed by atoms with E-state index in [0.29, 0.717) is 25.7 Å². The fraction of sp³-hybridized carbons (Fsp3) is 1.00. The molecule has 1 aliphatic heterocycles. The van der Waals surface area contributed by atoms with Gasteiger partial charge < -0.3 is 5.73 Å². The fourth-order valence-corrected chi connectivity index (χ4v) is 3.66. The molecule has 1 heterocycles. The van der Waals surface area contributed by atoms with Gasteiger partial charge >= 0.3 is 0 Å². The zero-order valence-corrected chi connectivity index (χ0v) is 11.7. The van der Waals surface area contributed by atoms with Gasteiger partial charge in [0.2, 0.25) is 10.0 Å². The highest BCUT2D eigenvalue weighted by Gasteiger charge is 2.27. The van der Waals surface area contributed by atoms with E-state index in [0.717, 1.165) is 25.9 Å². The van der Waals surface area contributed by atoms with Crippen LogP contribution in [0.25, 0.3) is 0 Å². The van der Waals surface area contributed by atoms with Crippen LogP contribution in [0.3, 0.4) is 0 Å². The average Bonchev–Trinajstić information content (AvgIpc) is 2.35. The van der Waals surface area contributed by atoms with Crippen LogP contribution < -0.4 is 5.73 Å². The molecular weight excluding hydrogens is 238 g/mol. The van der Waals surface area contributed by atoms with Crippen molar-refractivity contribution in [3.8, 4) is 0 Å². The van der Waals surface area contributed by atoms with Crippen LogP contribution in [0.1, 0.15) is 26.7 Å². The van der Waals surface area contributed by atoms with Gasteiger partial charge in [-0.1, -0.05) is 13.3 Å². The van der Waals surface area contributed by atoms with Gasteiger partial charge in [-0.05, 0) is 13.3 Å². The molecule has 1 atom stereocenters. The first-order valence-electron chi connectivity index (χ1n) is 6.43. The quantitative estimate of drug-likeness (QED) is 0.737. The molecule has 0 aromatic carbocycles. The minimum Gasteiger partial charge on any atom is -0.329 e. The first-order valence-corrected chi connectivity index (χ1v) is 8.04. The Balaban J connectivity index is 2.46. The van der Waals surface area contributed by atoms with E-state index < -0.39 is 10.0 Å². The van der Waals surface area contributed by atoms with Gasteiger partial charge in [-0.3, -0.25) is 4.90 Å². The van der Waals surface area contributed by atoms with Gasteiger partial charge in [0, 0.05) is 38.8 Å². The lowest BCUT2D eigenvalue weighted by Gasteiger charge is -2.37. The normalized spacial score (nSPS) is 21.6. The van der Waals surface area contributed by atoms with E-state index in [4.69, 9.17) is 5.73 Å². The minimum absolute atomic E-state index is 0.288. The minimum atomic E-state index is -3.03. The molecule has 0 saturated carbocycles. The highest BCUT2D eigenvalue weighted by atomic mass is 32.2. The molecule has 102 valence electrons. The van der Waals surface area contributed by atoms with E-state index in [-0.39, 0.29) is 5.75 Å². The molecule has 0 bridgehead atoms. The van der Waals surface area contributed by atoms with Crippen molar-refractivity contribution in [2.45, 2.75) is 32.7 Å². The number of piperazine rings is 1. The second-order valence-corrected chi connectivity index (χ2v) is 6.78. The Bertz CT molecular complexity index is 311. The lowest BCUT2D eigenvalue weighted by molar-refractivity contribution is 0.149. The monoisotopic (exact) mass is 263 g/mol.